The van der Waals surface area contributed by atoms with E-state index in [1.54, 1.807) is 30.3 Å². The molecule has 1 heterocycles. The zero-order valence-corrected chi connectivity index (χ0v) is 25.9. The number of benzene rings is 4. The molecule has 5 rings (SSSR count). The van der Waals surface area contributed by atoms with Gasteiger partial charge in [0.05, 0.1) is 5.92 Å². The van der Waals surface area contributed by atoms with Crippen LogP contribution in [0.15, 0.2) is 96.4 Å². The summed E-state index contributed by atoms with van der Waals surface area (Å²) in [6.45, 7) is 6.38. The summed E-state index contributed by atoms with van der Waals surface area (Å²) >= 11 is 12.2. The monoisotopic (exact) mass is 628 g/mol. The molecule has 0 saturated heterocycles. The number of hydrogen-bond acceptors (Lipinski definition) is 7. The molecule has 1 unspecified atom stereocenters. The second-order valence-corrected chi connectivity index (χ2v) is 12.1. The first-order valence-corrected chi connectivity index (χ1v) is 14.6. The summed E-state index contributed by atoms with van der Waals surface area (Å²) in [6, 6.07) is 27.4. The van der Waals surface area contributed by atoms with Gasteiger partial charge in [0.25, 0.3) is 0 Å². The minimum Gasteiger partial charge on any atom is -0.489 e. The molecule has 0 aliphatic carbocycles. The largest absolute Gasteiger partial charge is 0.489 e. The topological polar surface area (TPSA) is 104 Å². The minimum absolute atomic E-state index is 0.0170. The number of nitriles is 1. The van der Waals surface area contributed by atoms with Crippen LogP contribution in [-0.2, 0) is 16.8 Å². The van der Waals surface area contributed by atoms with Gasteiger partial charge in [0, 0.05) is 27.2 Å². The lowest BCUT2D eigenvalue weighted by molar-refractivity contribution is -0.136. The Morgan fingerprint density at radius 3 is 2.23 bits per heavy atom. The van der Waals surface area contributed by atoms with Crippen LogP contribution >= 0.6 is 23.2 Å². The van der Waals surface area contributed by atoms with Crippen molar-refractivity contribution in [2.45, 2.75) is 38.7 Å². The van der Waals surface area contributed by atoms with Crippen molar-refractivity contribution in [3.63, 3.8) is 0 Å². The first-order chi connectivity index (χ1) is 21.0. The number of carbonyl (C=O) groups is 1. The van der Waals surface area contributed by atoms with E-state index >= 15 is 0 Å². The third-order valence-corrected chi connectivity index (χ3v) is 7.71. The van der Waals surface area contributed by atoms with Crippen LogP contribution in [0.4, 0.5) is 0 Å². The van der Waals surface area contributed by atoms with Gasteiger partial charge in [0.1, 0.15) is 41.2 Å². The van der Waals surface area contributed by atoms with Crippen molar-refractivity contribution in [1.82, 2.24) is 0 Å². The number of nitrogens with zero attached hydrogens (tertiary/aromatic N) is 1. The van der Waals surface area contributed by atoms with Crippen LogP contribution in [0, 0.1) is 11.3 Å². The van der Waals surface area contributed by atoms with Crippen LogP contribution in [0.25, 0.3) is 0 Å². The van der Waals surface area contributed by atoms with Gasteiger partial charge >= 0.3 is 5.97 Å². The first kappa shape index (κ1) is 30.8. The van der Waals surface area contributed by atoms with Gasteiger partial charge in [0.15, 0.2) is 6.61 Å². The molecule has 1 atom stereocenters. The van der Waals surface area contributed by atoms with E-state index in [2.05, 4.69) is 26.8 Å². The second-order valence-electron chi connectivity index (χ2n) is 11.3. The SMILES string of the molecule is CC(C)(C)c1ccc(OCC(=O)Oc2ccc3c(c2)OC(N)=C(C#N)C3c2ccc(OCc3ccc(Cl)cc3Cl)cc2)cc1. The average Bonchev–Trinajstić information content (AvgIpc) is 2.99. The fourth-order valence-electron chi connectivity index (χ4n) is 4.75. The molecule has 224 valence electrons. The van der Waals surface area contributed by atoms with Gasteiger partial charge in [-0.15, -0.1) is 0 Å². The fourth-order valence-corrected chi connectivity index (χ4v) is 5.22. The van der Waals surface area contributed by atoms with E-state index in [-0.39, 0.29) is 35.8 Å². The third kappa shape index (κ3) is 7.11. The Bertz CT molecular complexity index is 1750. The van der Waals surface area contributed by atoms with Gasteiger partial charge in [-0.3, -0.25) is 0 Å². The van der Waals surface area contributed by atoms with Crippen LogP contribution < -0.4 is 24.7 Å². The standard InChI is InChI=1S/C35H30Cl2N2O5/c1-35(2,3)23-7-12-26(13-8-23)42-20-32(40)43-27-14-15-28-31(17-27)44-34(39)29(18-38)33(28)21-5-10-25(11-6-21)41-19-22-4-9-24(36)16-30(22)37/h4-17,33H,19-20,39H2,1-3H3. The second kappa shape index (κ2) is 12.9. The van der Waals surface area contributed by atoms with E-state index in [0.29, 0.717) is 32.9 Å². The highest BCUT2D eigenvalue weighted by Gasteiger charge is 2.31. The molecule has 7 nitrogen and oxygen atoms in total. The van der Waals surface area contributed by atoms with Crippen LogP contribution in [0.1, 0.15) is 48.9 Å². The predicted molar refractivity (Wildman–Crippen MR) is 169 cm³/mol. The normalized spacial score (nSPS) is 14.2. The molecule has 4 aromatic rings. The summed E-state index contributed by atoms with van der Waals surface area (Å²) in [5.74, 6) is 0.746. The summed E-state index contributed by atoms with van der Waals surface area (Å²) in [7, 11) is 0. The average molecular weight is 630 g/mol. The smallest absolute Gasteiger partial charge is 0.349 e. The maximum atomic E-state index is 12.5. The number of hydrogen-bond donors (Lipinski definition) is 1. The lowest BCUT2D eigenvalue weighted by Crippen LogP contribution is -2.21. The highest BCUT2D eigenvalue weighted by molar-refractivity contribution is 6.35. The molecule has 0 saturated carbocycles. The summed E-state index contributed by atoms with van der Waals surface area (Å²) in [6.07, 6.45) is 0. The van der Waals surface area contributed by atoms with E-state index in [9.17, 15) is 10.1 Å². The molecule has 1 aliphatic heterocycles. The molecule has 2 N–H and O–H groups in total. The Morgan fingerprint density at radius 1 is 0.909 bits per heavy atom. The van der Waals surface area contributed by atoms with E-state index in [0.717, 1.165) is 16.7 Å². The Morgan fingerprint density at radius 2 is 1.57 bits per heavy atom. The number of allylic oxidation sites excluding steroid dienone is 1. The Hall–Kier alpha value is -4.64. The van der Waals surface area contributed by atoms with Gasteiger partial charge in [-0.1, -0.05) is 80.4 Å². The van der Waals surface area contributed by atoms with Gasteiger partial charge in [-0.25, -0.2) is 4.79 Å². The first-order valence-electron chi connectivity index (χ1n) is 13.8. The lowest BCUT2D eigenvalue weighted by atomic mass is 9.83. The molecule has 0 amide bonds. The third-order valence-electron chi connectivity index (χ3n) is 7.12. The highest BCUT2D eigenvalue weighted by Crippen LogP contribution is 2.43. The van der Waals surface area contributed by atoms with Crippen molar-refractivity contribution in [1.29, 1.82) is 5.26 Å². The van der Waals surface area contributed by atoms with Gasteiger partial charge in [0.2, 0.25) is 5.88 Å². The zero-order chi connectivity index (χ0) is 31.4. The van der Waals surface area contributed by atoms with Crippen LogP contribution in [0.3, 0.4) is 0 Å². The van der Waals surface area contributed by atoms with Gasteiger partial charge in [-0.2, -0.15) is 5.26 Å². The highest BCUT2D eigenvalue weighted by atomic mass is 35.5. The van der Waals surface area contributed by atoms with Crippen molar-refractivity contribution in [2.24, 2.45) is 5.73 Å². The molecular formula is C35H30Cl2N2O5. The predicted octanol–water partition coefficient (Wildman–Crippen LogP) is 8.07. The molecule has 0 aromatic heterocycles. The van der Waals surface area contributed by atoms with Crippen molar-refractivity contribution in [2.75, 3.05) is 6.61 Å². The molecule has 1 aliphatic rings. The van der Waals surface area contributed by atoms with E-state index < -0.39 is 11.9 Å². The molecule has 0 radical (unpaired) electrons. The van der Waals surface area contributed by atoms with Crippen molar-refractivity contribution in [3.05, 3.63) is 129 Å². The molecule has 4 aromatic carbocycles. The summed E-state index contributed by atoms with van der Waals surface area (Å²) < 4.78 is 22.8. The van der Waals surface area contributed by atoms with Crippen molar-refractivity contribution >= 4 is 29.2 Å². The summed E-state index contributed by atoms with van der Waals surface area (Å²) in [5.41, 5.74) is 9.93. The number of rotatable bonds is 8. The summed E-state index contributed by atoms with van der Waals surface area (Å²) in [4.78, 5) is 12.5. The molecule has 9 heteroatoms. The maximum Gasteiger partial charge on any atom is 0.349 e. The van der Waals surface area contributed by atoms with Gasteiger partial charge in [-0.05, 0) is 59.0 Å². The van der Waals surface area contributed by atoms with Crippen LogP contribution in [0.5, 0.6) is 23.0 Å². The number of esters is 1. The Labute approximate surface area is 266 Å². The number of ether oxygens (including phenoxy) is 4. The molecular weight excluding hydrogens is 599 g/mol. The number of carbonyl (C=O) groups excluding carboxylic acids is 1. The zero-order valence-electron chi connectivity index (χ0n) is 24.4. The van der Waals surface area contributed by atoms with Crippen molar-refractivity contribution in [3.8, 4) is 29.1 Å². The summed E-state index contributed by atoms with van der Waals surface area (Å²) in [5, 5.41) is 11.0. The minimum atomic E-state index is -0.575. The number of nitrogens with two attached hydrogens (primary N) is 1. The molecule has 0 fully saturated rings. The van der Waals surface area contributed by atoms with E-state index in [1.807, 2.05) is 54.6 Å². The molecule has 44 heavy (non-hydrogen) atoms. The van der Waals surface area contributed by atoms with Crippen LogP contribution in [0.2, 0.25) is 10.0 Å². The van der Waals surface area contributed by atoms with E-state index in [4.69, 9.17) is 47.9 Å². The fraction of sp³-hybridized carbons (Fsp3) is 0.200. The Kier molecular flexibility index (Phi) is 9.05. The maximum absolute atomic E-state index is 12.5. The van der Waals surface area contributed by atoms with Crippen LogP contribution in [-0.4, -0.2) is 12.6 Å². The number of halogens is 2. The lowest BCUT2D eigenvalue weighted by Gasteiger charge is -2.26. The molecule has 0 spiro atoms. The quantitative estimate of drug-likeness (QED) is 0.155. The molecule has 0 bridgehead atoms. The van der Waals surface area contributed by atoms with Gasteiger partial charge < -0.3 is 24.7 Å². The van der Waals surface area contributed by atoms with Crippen molar-refractivity contribution < 1.29 is 23.7 Å². The number of fused-ring (bicyclic) bond motifs is 1. The Balaban J connectivity index is 1.27. The van der Waals surface area contributed by atoms with E-state index in [1.165, 1.54) is 0 Å².